The number of esters is 1. The minimum atomic E-state index is -2.35. The lowest BCUT2D eigenvalue weighted by Crippen LogP contribution is -2.55. The molecule has 1 saturated heterocycles. The van der Waals surface area contributed by atoms with Gasteiger partial charge in [0.05, 0.1) is 26.2 Å². The van der Waals surface area contributed by atoms with E-state index >= 15 is 4.79 Å². The van der Waals surface area contributed by atoms with Gasteiger partial charge in [0.1, 0.15) is 47.5 Å². The number of Topliss-reactive ketones (excluding diaryl/α,β-unsaturated/α-hetero) is 1. The van der Waals surface area contributed by atoms with Gasteiger partial charge in [0.15, 0.2) is 24.6 Å². The zero-order valence-corrected chi connectivity index (χ0v) is 36.8. The molecule has 4 aromatic carbocycles. The topological polar surface area (TPSA) is 195 Å². The Morgan fingerprint density at radius 1 is 0.859 bits per heavy atom. The van der Waals surface area contributed by atoms with Gasteiger partial charge >= 0.3 is 5.97 Å². The van der Waals surface area contributed by atoms with E-state index in [1.807, 2.05) is 92.7 Å². The summed E-state index contributed by atoms with van der Waals surface area (Å²) in [6.45, 7) is 7.13. The molecular formula is C48H53N5O11. The highest BCUT2D eigenvalue weighted by atomic mass is 16.7. The quantitative estimate of drug-likeness (QED) is 0.0520. The highest BCUT2D eigenvalue weighted by Crippen LogP contribution is 2.45. The maximum Gasteiger partial charge on any atom is 0.313 e. The minimum absolute atomic E-state index is 0.0656. The highest BCUT2D eigenvalue weighted by molar-refractivity contribution is 5.89. The van der Waals surface area contributed by atoms with Gasteiger partial charge in [-0.1, -0.05) is 72.8 Å². The molecule has 4 atom stereocenters. The van der Waals surface area contributed by atoms with Gasteiger partial charge in [-0.25, -0.2) is 4.98 Å². The van der Waals surface area contributed by atoms with Gasteiger partial charge in [-0.05, 0) is 87.7 Å². The van der Waals surface area contributed by atoms with Crippen molar-refractivity contribution >= 4 is 28.9 Å². The number of carbonyl (C=O) groups excluding carboxylic acids is 2. The third-order valence-electron chi connectivity index (χ3n) is 10.8. The Morgan fingerprint density at radius 2 is 1.44 bits per heavy atom. The molecule has 64 heavy (non-hydrogen) atoms. The lowest BCUT2D eigenvalue weighted by atomic mass is 9.80. The normalized spacial score (nSPS) is 18.8. The number of H-pyrrole nitrogens is 1. The second-order valence-electron chi connectivity index (χ2n) is 16.6. The van der Waals surface area contributed by atoms with Crippen molar-refractivity contribution in [3.05, 3.63) is 143 Å². The first-order valence-electron chi connectivity index (χ1n) is 20.8. The molecule has 7 rings (SSSR count). The lowest BCUT2D eigenvalue weighted by Gasteiger charge is -2.37. The van der Waals surface area contributed by atoms with Crippen molar-refractivity contribution in [2.45, 2.75) is 70.3 Å². The first-order valence-corrected chi connectivity index (χ1v) is 20.8. The average Bonchev–Trinajstić information content (AvgIpc) is 3.85. The number of ether oxygens (including phenoxy) is 7. The second kappa shape index (κ2) is 19.0. The van der Waals surface area contributed by atoms with Gasteiger partial charge in [-0.3, -0.25) is 23.9 Å². The van der Waals surface area contributed by atoms with Gasteiger partial charge in [0.25, 0.3) is 5.56 Å². The first-order chi connectivity index (χ1) is 30.7. The largest absolute Gasteiger partial charge is 0.497 e. The number of anilines is 1. The summed E-state index contributed by atoms with van der Waals surface area (Å²) in [4.78, 5) is 53.4. The SMILES string of the molecule is COc1ccc(C(OC[C@H]2O[C@@](C(=O)COc3ccccc3)(n3cnc4c(=O)[nH]c(NC(C)C)nc43)[C@H](OCOC(=O)C(C)(C)C)[C@@H]2O)(c2ccccc2)c2ccc(OC)cc2)cc1. The summed E-state index contributed by atoms with van der Waals surface area (Å²) in [6, 6.07) is 32.9. The van der Waals surface area contributed by atoms with Crippen molar-refractivity contribution in [2.24, 2.45) is 5.41 Å². The number of ketones is 1. The van der Waals surface area contributed by atoms with Crippen LogP contribution in [0.1, 0.15) is 51.3 Å². The molecule has 16 nitrogen and oxygen atoms in total. The van der Waals surface area contributed by atoms with Crippen LogP contribution in [0.5, 0.6) is 17.2 Å². The fraction of sp³-hybridized carbons (Fsp3) is 0.354. The number of hydrogen-bond acceptors (Lipinski definition) is 14. The summed E-state index contributed by atoms with van der Waals surface area (Å²) in [5.74, 6) is 0.372. The maximum atomic E-state index is 15.2. The standard InChI is InChI=1S/C48H53N5O11/c1-30(2)50-45-51-42-39(43(56)52-45)49-28-53(42)48(38(54)27-60-36-16-12-9-13-17-36)41(61-29-62-44(57)46(3,4)5)40(55)37(64-48)26-63-47(31-14-10-8-11-15-31,32-18-22-34(58-6)23-19-32)33-20-24-35(59-7)25-21-33/h8-25,28,30,37,40-41,55H,26-27,29H2,1-7H3,(H2,50,51,52,56)/t37-,40-,41-,48-/m1/s1. The number of rotatable bonds is 18. The van der Waals surface area contributed by atoms with E-state index in [4.69, 9.17) is 33.2 Å². The Hall–Kier alpha value is -6.59. The molecule has 2 aromatic heterocycles. The van der Waals surface area contributed by atoms with E-state index in [0.717, 1.165) is 5.56 Å². The van der Waals surface area contributed by atoms with Crippen LogP contribution >= 0.6 is 0 Å². The number of aliphatic hydroxyl groups excluding tert-OH is 1. The number of hydrogen-bond donors (Lipinski definition) is 3. The first kappa shape index (κ1) is 45.4. The number of benzene rings is 4. The summed E-state index contributed by atoms with van der Waals surface area (Å²) in [6.07, 6.45) is -3.39. The molecule has 16 heteroatoms. The Bertz CT molecular complexity index is 2530. The fourth-order valence-electron chi connectivity index (χ4n) is 7.61. The maximum absolute atomic E-state index is 15.2. The van der Waals surface area contributed by atoms with Gasteiger partial charge in [-0.15, -0.1) is 0 Å². The van der Waals surface area contributed by atoms with Gasteiger partial charge < -0.3 is 43.6 Å². The van der Waals surface area contributed by atoms with Crippen LogP contribution in [0.2, 0.25) is 0 Å². The van der Waals surface area contributed by atoms with E-state index in [2.05, 4.69) is 20.3 Å². The van der Waals surface area contributed by atoms with Crippen molar-refractivity contribution in [3.63, 3.8) is 0 Å². The summed E-state index contributed by atoms with van der Waals surface area (Å²) in [7, 11) is 3.16. The van der Waals surface area contributed by atoms with Crippen LogP contribution in [0.4, 0.5) is 5.95 Å². The van der Waals surface area contributed by atoms with Crippen molar-refractivity contribution in [3.8, 4) is 17.2 Å². The number of para-hydroxylation sites is 1. The summed E-state index contributed by atoms with van der Waals surface area (Å²) < 4.78 is 44.2. The second-order valence-corrected chi connectivity index (χ2v) is 16.6. The van der Waals surface area contributed by atoms with E-state index < -0.39 is 65.8 Å². The van der Waals surface area contributed by atoms with Crippen LogP contribution < -0.4 is 25.1 Å². The van der Waals surface area contributed by atoms with E-state index in [1.165, 1.54) is 10.9 Å². The van der Waals surface area contributed by atoms with E-state index in [1.54, 1.807) is 65.3 Å². The predicted molar refractivity (Wildman–Crippen MR) is 236 cm³/mol. The molecule has 1 aliphatic rings. The molecule has 0 spiro atoms. The highest BCUT2D eigenvalue weighted by Gasteiger charge is 2.63. The Morgan fingerprint density at radius 3 is 2.00 bits per heavy atom. The smallest absolute Gasteiger partial charge is 0.313 e. The molecule has 1 fully saturated rings. The molecule has 6 aromatic rings. The number of methoxy groups -OCH3 is 2. The van der Waals surface area contributed by atoms with Crippen molar-refractivity contribution in [2.75, 3.05) is 39.5 Å². The minimum Gasteiger partial charge on any atom is -0.497 e. The van der Waals surface area contributed by atoms with Crippen LogP contribution in [0.25, 0.3) is 11.2 Å². The Kier molecular flexibility index (Phi) is 13.5. The third-order valence-corrected chi connectivity index (χ3v) is 10.8. The number of fused-ring (bicyclic) bond motifs is 1. The molecule has 0 saturated carbocycles. The molecule has 0 amide bonds. The lowest BCUT2D eigenvalue weighted by molar-refractivity contribution is -0.203. The number of nitrogens with zero attached hydrogens (tertiary/aromatic N) is 3. The number of aromatic amines is 1. The number of nitrogens with one attached hydrogen (secondary N) is 2. The molecule has 3 N–H and O–H groups in total. The van der Waals surface area contributed by atoms with Crippen molar-refractivity contribution < 1.29 is 47.9 Å². The monoisotopic (exact) mass is 875 g/mol. The molecule has 0 unspecified atom stereocenters. The number of aliphatic hydroxyl groups is 1. The summed E-state index contributed by atoms with van der Waals surface area (Å²) in [5.41, 5.74) is -3.27. The fourth-order valence-corrected chi connectivity index (χ4v) is 7.61. The molecular weight excluding hydrogens is 823 g/mol. The van der Waals surface area contributed by atoms with Crippen LogP contribution in [0.15, 0.2) is 120 Å². The van der Waals surface area contributed by atoms with E-state index in [9.17, 15) is 14.7 Å². The predicted octanol–water partition coefficient (Wildman–Crippen LogP) is 5.96. The van der Waals surface area contributed by atoms with Crippen LogP contribution in [-0.2, 0) is 39.9 Å². The van der Waals surface area contributed by atoms with Gasteiger partial charge in [0.2, 0.25) is 17.5 Å². The Balaban J connectivity index is 1.38. The van der Waals surface area contributed by atoms with Crippen molar-refractivity contribution in [1.82, 2.24) is 19.5 Å². The Labute approximate surface area is 370 Å². The molecule has 3 heterocycles. The molecule has 0 radical (unpaired) electrons. The van der Waals surface area contributed by atoms with Crippen molar-refractivity contribution in [1.29, 1.82) is 0 Å². The van der Waals surface area contributed by atoms with Crippen LogP contribution in [0.3, 0.4) is 0 Å². The zero-order chi connectivity index (χ0) is 45.6. The average molecular weight is 876 g/mol. The van der Waals surface area contributed by atoms with E-state index in [-0.39, 0.29) is 29.8 Å². The third kappa shape index (κ3) is 9.08. The number of imidazole rings is 1. The number of aromatic nitrogens is 4. The van der Waals surface area contributed by atoms with Gasteiger partial charge in [-0.2, -0.15) is 4.98 Å². The molecule has 0 aliphatic carbocycles. The number of carbonyl (C=O) groups is 2. The summed E-state index contributed by atoms with van der Waals surface area (Å²) in [5, 5.41) is 15.6. The molecule has 336 valence electrons. The molecule has 1 aliphatic heterocycles. The summed E-state index contributed by atoms with van der Waals surface area (Å²) >= 11 is 0. The zero-order valence-electron chi connectivity index (χ0n) is 36.8. The van der Waals surface area contributed by atoms with Gasteiger partial charge in [0, 0.05) is 6.04 Å². The van der Waals surface area contributed by atoms with Crippen LogP contribution in [0, 0.1) is 5.41 Å². The molecule has 0 bridgehead atoms. The van der Waals surface area contributed by atoms with Crippen LogP contribution in [-0.4, -0.2) is 95.0 Å². The van der Waals surface area contributed by atoms with E-state index in [0.29, 0.717) is 28.4 Å².